The van der Waals surface area contributed by atoms with Crippen LogP contribution >= 0.6 is 0 Å². The van der Waals surface area contributed by atoms with E-state index in [-0.39, 0.29) is 11.4 Å². The van der Waals surface area contributed by atoms with E-state index in [1.165, 1.54) is 0 Å². The fraction of sp³-hybridized carbons (Fsp3) is 0.417. The Morgan fingerprint density at radius 3 is 2.22 bits per heavy atom. The zero-order chi connectivity index (χ0) is 14.1. The number of hydrogen-bond acceptors (Lipinski definition) is 2. The first kappa shape index (κ1) is 14.3. The van der Waals surface area contributed by atoms with Crippen LogP contribution in [0.3, 0.4) is 0 Å². The number of amides is 1. The number of nitrogen functional groups attached to an aromatic ring is 1. The van der Waals surface area contributed by atoms with Crippen molar-refractivity contribution in [3.63, 3.8) is 0 Å². The van der Waals surface area contributed by atoms with Gasteiger partial charge < -0.3 is 11.1 Å². The van der Waals surface area contributed by atoms with Gasteiger partial charge >= 0.3 is 6.18 Å². The zero-order valence-corrected chi connectivity index (χ0v) is 10.4. The average Bonchev–Trinajstić information content (AvgIpc) is 2.18. The van der Waals surface area contributed by atoms with E-state index in [1.807, 2.05) is 0 Å². The highest BCUT2D eigenvalue weighted by Gasteiger charge is 2.31. The monoisotopic (exact) mass is 260 g/mol. The molecule has 0 aliphatic carbocycles. The number of nitrogens with one attached hydrogen (secondary N) is 1. The summed E-state index contributed by atoms with van der Waals surface area (Å²) in [5.41, 5.74) is 4.06. The topological polar surface area (TPSA) is 55.1 Å². The molecule has 3 nitrogen and oxygen atoms in total. The Bertz CT molecular complexity index is 461. The number of carbonyl (C=O) groups is 1. The first-order chi connectivity index (χ1) is 8.01. The van der Waals surface area contributed by atoms with Crippen LogP contribution in [-0.4, -0.2) is 5.91 Å². The first-order valence-electron chi connectivity index (χ1n) is 5.30. The fourth-order valence-corrected chi connectivity index (χ4v) is 1.15. The maximum Gasteiger partial charge on any atom is 0.416 e. The van der Waals surface area contributed by atoms with E-state index in [2.05, 4.69) is 5.32 Å². The highest BCUT2D eigenvalue weighted by molar-refractivity contribution is 5.97. The Hall–Kier alpha value is -1.72. The minimum absolute atomic E-state index is 0.0234. The van der Waals surface area contributed by atoms with Crippen LogP contribution in [0.2, 0.25) is 0 Å². The van der Waals surface area contributed by atoms with Crippen molar-refractivity contribution in [1.29, 1.82) is 0 Å². The Morgan fingerprint density at radius 2 is 1.78 bits per heavy atom. The molecule has 0 radical (unpaired) electrons. The molecule has 1 aromatic rings. The minimum atomic E-state index is -4.46. The number of halogens is 3. The second kappa shape index (κ2) is 4.51. The van der Waals surface area contributed by atoms with E-state index in [0.717, 1.165) is 18.2 Å². The molecule has 1 amide bonds. The first-order valence-corrected chi connectivity index (χ1v) is 5.30. The molecule has 18 heavy (non-hydrogen) atoms. The number of rotatable bonds is 1. The molecule has 100 valence electrons. The number of anilines is 2. The van der Waals surface area contributed by atoms with Crippen molar-refractivity contribution < 1.29 is 18.0 Å². The molecule has 0 unspecified atom stereocenters. The molecular weight excluding hydrogens is 245 g/mol. The molecule has 0 atom stereocenters. The Labute approximate surface area is 103 Å². The maximum absolute atomic E-state index is 12.5. The van der Waals surface area contributed by atoms with Gasteiger partial charge in [0.05, 0.1) is 16.9 Å². The van der Waals surface area contributed by atoms with Crippen LogP contribution in [0.4, 0.5) is 24.5 Å². The van der Waals surface area contributed by atoms with E-state index >= 15 is 0 Å². The molecule has 3 N–H and O–H groups in total. The molecule has 1 aromatic carbocycles. The van der Waals surface area contributed by atoms with Crippen molar-refractivity contribution in [1.82, 2.24) is 0 Å². The molecule has 0 aliphatic rings. The lowest BCUT2D eigenvalue weighted by Crippen LogP contribution is -2.28. The minimum Gasteiger partial charge on any atom is -0.397 e. The summed E-state index contributed by atoms with van der Waals surface area (Å²) in [4.78, 5) is 11.7. The van der Waals surface area contributed by atoms with Gasteiger partial charge in [-0.3, -0.25) is 4.79 Å². The smallest absolute Gasteiger partial charge is 0.397 e. The van der Waals surface area contributed by atoms with Gasteiger partial charge in [0.25, 0.3) is 0 Å². The van der Waals surface area contributed by atoms with Crippen molar-refractivity contribution in [2.75, 3.05) is 11.1 Å². The number of alkyl halides is 3. The van der Waals surface area contributed by atoms with Crippen LogP contribution < -0.4 is 11.1 Å². The molecule has 0 saturated carbocycles. The SMILES string of the molecule is CC(C)(C)C(=O)Nc1cc(C(F)(F)F)ccc1N. The normalized spacial score (nSPS) is 12.3. The zero-order valence-electron chi connectivity index (χ0n) is 10.4. The molecule has 0 saturated heterocycles. The molecule has 0 heterocycles. The van der Waals surface area contributed by atoms with Gasteiger partial charge in [0.15, 0.2) is 0 Å². The number of hydrogen-bond donors (Lipinski definition) is 2. The van der Waals surface area contributed by atoms with E-state index in [0.29, 0.717) is 0 Å². The van der Waals surface area contributed by atoms with Crippen LogP contribution in [0, 0.1) is 5.41 Å². The number of benzene rings is 1. The predicted octanol–water partition coefficient (Wildman–Crippen LogP) is 3.27. The van der Waals surface area contributed by atoms with E-state index in [1.54, 1.807) is 20.8 Å². The lowest BCUT2D eigenvalue weighted by atomic mass is 9.95. The highest BCUT2D eigenvalue weighted by Crippen LogP contribution is 2.33. The van der Waals surface area contributed by atoms with E-state index in [4.69, 9.17) is 5.73 Å². The van der Waals surface area contributed by atoms with Gasteiger partial charge in [-0.25, -0.2) is 0 Å². The van der Waals surface area contributed by atoms with E-state index in [9.17, 15) is 18.0 Å². The van der Waals surface area contributed by atoms with Crippen molar-refractivity contribution in [2.45, 2.75) is 26.9 Å². The van der Waals surface area contributed by atoms with Crippen molar-refractivity contribution in [3.05, 3.63) is 23.8 Å². The molecule has 0 fully saturated rings. The van der Waals surface area contributed by atoms with Gasteiger partial charge in [0.1, 0.15) is 0 Å². The summed E-state index contributed by atoms with van der Waals surface area (Å²) in [6.07, 6.45) is -4.46. The van der Waals surface area contributed by atoms with Gasteiger partial charge in [0, 0.05) is 5.41 Å². The third-order valence-corrected chi connectivity index (χ3v) is 2.31. The Balaban J connectivity index is 3.06. The van der Waals surface area contributed by atoms with Crippen molar-refractivity contribution >= 4 is 17.3 Å². The van der Waals surface area contributed by atoms with Crippen molar-refractivity contribution in [3.8, 4) is 0 Å². The molecular formula is C12H15F3N2O. The second-order valence-electron chi connectivity index (χ2n) is 5.00. The molecule has 1 rings (SSSR count). The average molecular weight is 260 g/mol. The summed E-state index contributed by atoms with van der Waals surface area (Å²) < 4.78 is 37.6. The molecule has 6 heteroatoms. The molecule has 0 bridgehead atoms. The second-order valence-corrected chi connectivity index (χ2v) is 5.00. The number of nitrogens with two attached hydrogens (primary N) is 1. The van der Waals surface area contributed by atoms with Crippen LogP contribution in [0.25, 0.3) is 0 Å². The van der Waals surface area contributed by atoms with Crippen LogP contribution in [0.1, 0.15) is 26.3 Å². The van der Waals surface area contributed by atoms with Gasteiger partial charge in [-0.05, 0) is 18.2 Å². The Kier molecular flexibility index (Phi) is 3.59. The lowest BCUT2D eigenvalue weighted by molar-refractivity contribution is -0.137. The van der Waals surface area contributed by atoms with Crippen LogP contribution in [0.5, 0.6) is 0 Å². The van der Waals surface area contributed by atoms with Crippen LogP contribution in [-0.2, 0) is 11.0 Å². The predicted molar refractivity (Wildman–Crippen MR) is 63.9 cm³/mol. The standard InChI is InChI=1S/C12H15F3N2O/c1-11(2,3)10(18)17-9-6-7(12(13,14)15)4-5-8(9)16/h4-6H,16H2,1-3H3,(H,17,18). The number of carbonyl (C=O) groups excluding carboxylic acids is 1. The van der Waals surface area contributed by atoms with Crippen LogP contribution in [0.15, 0.2) is 18.2 Å². The fourth-order valence-electron chi connectivity index (χ4n) is 1.15. The quantitative estimate of drug-likeness (QED) is 0.761. The lowest BCUT2D eigenvalue weighted by Gasteiger charge is -2.19. The molecule has 0 aromatic heterocycles. The molecule has 0 aliphatic heterocycles. The summed E-state index contributed by atoms with van der Waals surface area (Å²) in [6, 6.07) is 2.84. The summed E-state index contributed by atoms with van der Waals surface area (Å²) in [7, 11) is 0. The maximum atomic E-state index is 12.5. The summed E-state index contributed by atoms with van der Waals surface area (Å²) in [5.74, 6) is -0.395. The largest absolute Gasteiger partial charge is 0.416 e. The third-order valence-electron chi connectivity index (χ3n) is 2.31. The van der Waals surface area contributed by atoms with Crippen molar-refractivity contribution in [2.24, 2.45) is 5.41 Å². The third kappa shape index (κ3) is 3.38. The molecule has 0 spiro atoms. The summed E-state index contributed by atoms with van der Waals surface area (Å²) >= 11 is 0. The van der Waals surface area contributed by atoms with E-state index < -0.39 is 23.1 Å². The highest BCUT2D eigenvalue weighted by atomic mass is 19.4. The van der Waals surface area contributed by atoms with Gasteiger partial charge in [-0.1, -0.05) is 20.8 Å². The summed E-state index contributed by atoms with van der Waals surface area (Å²) in [6.45, 7) is 4.98. The Morgan fingerprint density at radius 1 is 1.22 bits per heavy atom. The van der Waals surface area contributed by atoms with Gasteiger partial charge in [-0.2, -0.15) is 13.2 Å². The summed E-state index contributed by atoms with van der Waals surface area (Å²) in [5, 5.41) is 2.40. The van der Waals surface area contributed by atoms with Gasteiger partial charge in [0.2, 0.25) is 5.91 Å². The van der Waals surface area contributed by atoms with Gasteiger partial charge in [-0.15, -0.1) is 0 Å².